The van der Waals surface area contributed by atoms with Crippen molar-refractivity contribution in [1.29, 1.82) is 0 Å². The Hall–Kier alpha value is -2.01. The Morgan fingerprint density at radius 2 is 2.15 bits per heavy atom. The Bertz CT molecular complexity index is 676. The van der Waals surface area contributed by atoms with E-state index < -0.39 is 6.10 Å². The fourth-order valence-corrected chi connectivity index (χ4v) is 2.62. The first-order chi connectivity index (χ1) is 9.70. The molecule has 102 valence electrons. The quantitative estimate of drug-likeness (QED) is 0.936. The number of benzene rings is 1. The second-order valence-electron chi connectivity index (χ2n) is 4.38. The third-order valence-electron chi connectivity index (χ3n) is 3.13. The van der Waals surface area contributed by atoms with Crippen LogP contribution < -0.4 is 5.32 Å². The Kier molecular flexibility index (Phi) is 3.36. The predicted octanol–water partition coefficient (Wildman–Crippen LogP) is 3.27. The SMILES string of the molecule is CNC1=C(c2cccc(Br)c2)C(=O)C(c2ccoc2)O1. The number of ketones is 1. The molecule has 20 heavy (non-hydrogen) atoms. The van der Waals surface area contributed by atoms with Crippen molar-refractivity contribution >= 4 is 27.3 Å². The zero-order valence-corrected chi connectivity index (χ0v) is 12.3. The van der Waals surface area contributed by atoms with Gasteiger partial charge in [0.05, 0.1) is 18.1 Å². The summed E-state index contributed by atoms with van der Waals surface area (Å²) in [5.41, 5.74) is 2.09. The van der Waals surface area contributed by atoms with Crippen molar-refractivity contribution in [3.63, 3.8) is 0 Å². The highest BCUT2D eigenvalue weighted by atomic mass is 79.9. The molecule has 4 nitrogen and oxygen atoms in total. The maximum atomic E-state index is 12.6. The standard InChI is InChI=1S/C15H12BrNO3/c1-17-15-12(9-3-2-4-11(16)7-9)13(18)14(20-15)10-5-6-19-8-10/h2-8,14,17H,1H3. The van der Waals surface area contributed by atoms with Crippen LogP contribution in [-0.2, 0) is 9.53 Å². The molecular formula is C15H12BrNO3. The highest BCUT2D eigenvalue weighted by Gasteiger charge is 2.37. The molecule has 5 heteroatoms. The van der Waals surface area contributed by atoms with E-state index in [1.165, 1.54) is 12.5 Å². The van der Waals surface area contributed by atoms with Crippen molar-refractivity contribution in [3.05, 3.63) is 64.3 Å². The highest BCUT2D eigenvalue weighted by Crippen LogP contribution is 2.37. The monoisotopic (exact) mass is 333 g/mol. The van der Waals surface area contributed by atoms with Crippen LogP contribution in [0.25, 0.3) is 5.57 Å². The summed E-state index contributed by atoms with van der Waals surface area (Å²) in [5, 5.41) is 2.94. The van der Waals surface area contributed by atoms with Crippen LogP contribution in [0.5, 0.6) is 0 Å². The third kappa shape index (κ3) is 2.14. The van der Waals surface area contributed by atoms with E-state index in [9.17, 15) is 4.79 Å². The van der Waals surface area contributed by atoms with Gasteiger partial charge in [-0.15, -0.1) is 0 Å². The smallest absolute Gasteiger partial charge is 0.214 e. The van der Waals surface area contributed by atoms with Gasteiger partial charge in [-0.05, 0) is 23.8 Å². The minimum absolute atomic E-state index is 0.0751. The number of hydrogen-bond acceptors (Lipinski definition) is 4. The van der Waals surface area contributed by atoms with Gasteiger partial charge >= 0.3 is 0 Å². The molecule has 0 aliphatic carbocycles. The van der Waals surface area contributed by atoms with Crippen molar-refractivity contribution in [2.24, 2.45) is 0 Å². The molecule has 0 bridgehead atoms. The first-order valence-electron chi connectivity index (χ1n) is 6.11. The van der Waals surface area contributed by atoms with Crippen molar-refractivity contribution in [2.45, 2.75) is 6.10 Å². The zero-order valence-electron chi connectivity index (χ0n) is 10.7. The van der Waals surface area contributed by atoms with Crippen molar-refractivity contribution < 1.29 is 13.9 Å². The van der Waals surface area contributed by atoms with Crippen molar-refractivity contribution in [3.8, 4) is 0 Å². The van der Waals surface area contributed by atoms with Gasteiger partial charge in [-0.25, -0.2) is 0 Å². The fourth-order valence-electron chi connectivity index (χ4n) is 2.22. The molecule has 0 fully saturated rings. The molecule has 2 heterocycles. The topological polar surface area (TPSA) is 51.5 Å². The van der Waals surface area contributed by atoms with E-state index in [-0.39, 0.29) is 5.78 Å². The molecule has 1 aliphatic heterocycles. The van der Waals surface area contributed by atoms with E-state index in [1.54, 1.807) is 13.1 Å². The van der Waals surface area contributed by atoms with Crippen LogP contribution in [0.15, 0.2) is 57.6 Å². The number of carbonyl (C=O) groups is 1. The minimum atomic E-state index is -0.648. The summed E-state index contributed by atoms with van der Waals surface area (Å²) >= 11 is 3.41. The lowest BCUT2D eigenvalue weighted by Gasteiger charge is -2.08. The average molecular weight is 334 g/mol. The number of carbonyl (C=O) groups excluding carboxylic acids is 1. The van der Waals surface area contributed by atoms with E-state index in [0.29, 0.717) is 17.0 Å². The van der Waals surface area contributed by atoms with E-state index in [2.05, 4.69) is 21.2 Å². The Morgan fingerprint density at radius 3 is 2.80 bits per heavy atom. The lowest BCUT2D eigenvalue weighted by molar-refractivity contribution is -0.120. The second-order valence-corrected chi connectivity index (χ2v) is 5.30. The summed E-state index contributed by atoms with van der Waals surface area (Å²) in [6, 6.07) is 9.32. The molecule has 3 rings (SSSR count). The zero-order chi connectivity index (χ0) is 14.1. The molecule has 1 N–H and O–H groups in total. The number of halogens is 1. The number of ether oxygens (including phenoxy) is 1. The first kappa shape index (κ1) is 13.0. The molecule has 0 amide bonds. The van der Waals surface area contributed by atoms with Gasteiger partial charge < -0.3 is 14.5 Å². The van der Waals surface area contributed by atoms with Gasteiger partial charge in [0.25, 0.3) is 0 Å². The summed E-state index contributed by atoms with van der Waals surface area (Å²) in [6.45, 7) is 0. The van der Waals surface area contributed by atoms with Crippen LogP contribution in [0.2, 0.25) is 0 Å². The molecule has 2 aromatic rings. The van der Waals surface area contributed by atoms with Crippen LogP contribution in [0.3, 0.4) is 0 Å². The van der Waals surface area contributed by atoms with E-state index in [1.807, 2.05) is 24.3 Å². The molecule has 0 radical (unpaired) electrons. The van der Waals surface area contributed by atoms with Gasteiger partial charge in [-0.3, -0.25) is 4.79 Å². The van der Waals surface area contributed by atoms with Crippen molar-refractivity contribution in [1.82, 2.24) is 5.32 Å². The minimum Gasteiger partial charge on any atom is -0.472 e. The van der Waals surface area contributed by atoms with Gasteiger partial charge in [-0.2, -0.15) is 0 Å². The number of furan rings is 1. The lowest BCUT2D eigenvalue weighted by atomic mass is 9.98. The second kappa shape index (κ2) is 5.17. The van der Waals surface area contributed by atoms with Gasteiger partial charge in [0.1, 0.15) is 0 Å². The number of rotatable bonds is 3. The van der Waals surface area contributed by atoms with Gasteiger partial charge in [0, 0.05) is 17.1 Å². The highest BCUT2D eigenvalue weighted by molar-refractivity contribution is 9.10. The number of Topliss-reactive ketones (excluding diaryl/α,β-unsaturated/α-hetero) is 1. The van der Waals surface area contributed by atoms with Gasteiger partial charge in [-0.1, -0.05) is 28.1 Å². The first-order valence-corrected chi connectivity index (χ1v) is 6.91. The number of nitrogens with one attached hydrogen (secondary N) is 1. The molecule has 1 atom stereocenters. The van der Waals surface area contributed by atoms with E-state index in [4.69, 9.17) is 9.15 Å². The Morgan fingerprint density at radius 1 is 1.30 bits per heavy atom. The predicted molar refractivity (Wildman–Crippen MR) is 77.7 cm³/mol. The molecule has 1 unspecified atom stereocenters. The van der Waals surface area contributed by atoms with E-state index in [0.717, 1.165) is 10.0 Å². The summed E-state index contributed by atoms with van der Waals surface area (Å²) in [4.78, 5) is 12.6. The largest absolute Gasteiger partial charge is 0.472 e. The van der Waals surface area contributed by atoms with Gasteiger partial charge in [0.15, 0.2) is 12.0 Å². The molecule has 1 aromatic heterocycles. The molecule has 1 aliphatic rings. The number of hydrogen-bond donors (Lipinski definition) is 1. The van der Waals surface area contributed by atoms with Crippen LogP contribution in [-0.4, -0.2) is 12.8 Å². The summed E-state index contributed by atoms with van der Waals surface area (Å²) in [6.07, 6.45) is 2.41. The lowest BCUT2D eigenvalue weighted by Crippen LogP contribution is -2.09. The van der Waals surface area contributed by atoms with Crippen LogP contribution >= 0.6 is 15.9 Å². The van der Waals surface area contributed by atoms with Crippen LogP contribution in [0, 0.1) is 0 Å². The van der Waals surface area contributed by atoms with Gasteiger partial charge in [0.2, 0.25) is 5.78 Å². The maximum absolute atomic E-state index is 12.6. The molecule has 1 aromatic carbocycles. The molecular weight excluding hydrogens is 322 g/mol. The Labute approximate surface area is 124 Å². The van der Waals surface area contributed by atoms with Crippen molar-refractivity contribution in [2.75, 3.05) is 7.05 Å². The average Bonchev–Trinajstić information content (AvgIpc) is 3.05. The molecule has 0 spiro atoms. The fraction of sp³-hybridized carbons (Fsp3) is 0.133. The third-order valence-corrected chi connectivity index (χ3v) is 3.63. The van der Waals surface area contributed by atoms with E-state index >= 15 is 0 Å². The maximum Gasteiger partial charge on any atom is 0.214 e. The normalized spacial score (nSPS) is 18.3. The molecule has 0 saturated carbocycles. The summed E-state index contributed by atoms with van der Waals surface area (Å²) in [5.74, 6) is 0.410. The summed E-state index contributed by atoms with van der Waals surface area (Å²) in [7, 11) is 1.73. The summed E-state index contributed by atoms with van der Waals surface area (Å²) < 4.78 is 11.7. The molecule has 0 saturated heterocycles. The van der Waals surface area contributed by atoms with Crippen LogP contribution in [0.1, 0.15) is 17.2 Å². The Balaban J connectivity index is 2.02. The van der Waals surface area contributed by atoms with Crippen LogP contribution in [0.4, 0.5) is 0 Å².